The standard InChI is InChI=1S/C14H21NO2S/c1-2-12-5-6-13(18-12)10-15-7-3-4-11(9-15)8-14(16)17/h5-6,11H,2-4,7-10H2,1H3,(H,16,17). The zero-order valence-electron chi connectivity index (χ0n) is 10.9. The Morgan fingerprint density at radius 2 is 2.28 bits per heavy atom. The third kappa shape index (κ3) is 3.82. The van der Waals surface area contributed by atoms with E-state index in [1.807, 2.05) is 11.3 Å². The summed E-state index contributed by atoms with van der Waals surface area (Å²) in [6.07, 6.45) is 3.62. The van der Waals surface area contributed by atoms with E-state index in [4.69, 9.17) is 5.11 Å². The molecule has 1 atom stereocenters. The molecule has 100 valence electrons. The Bertz CT molecular complexity index is 402. The summed E-state index contributed by atoms with van der Waals surface area (Å²) in [5.41, 5.74) is 0. The van der Waals surface area contributed by atoms with E-state index in [1.54, 1.807) is 0 Å². The molecule has 2 heterocycles. The van der Waals surface area contributed by atoms with Crippen LogP contribution in [0.1, 0.15) is 35.9 Å². The SMILES string of the molecule is CCc1ccc(CN2CCCC(CC(=O)O)C2)s1. The molecule has 0 bridgehead atoms. The number of thiophene rings is 1. The van der Waals surface area contributed by atoms with E-state index in [0.717, 1.165) is 38.9 Å². The van der Waals surface area contributed by atoms with Gasteiger partial charge in [0.15, 0.2) is 0 Å². The average molecular weight is 267 g/mol. The molecule has 0 aliphatic carbocycles. The molecule has 18 heavy (non-hydrogen) atoms. The highest BCUT2D eigenvalue weighted by Crippen LogP contribution is 2.24. The van der Waals surface area contributed by atoms with Crippen LogP contribution in [0.15, 0.2) is 12.1 Å². The van der Waals surface area contributed by atoms with Gasteiger partial charge in [-0.25, -0.2) is 0 Å². The zero-order chi connectivity index (χ0) is 13.0. The fraction of sp³-hybridized carbons (Fsp3) is 0.643. The number of piperidine rings is 1. The van der Waals surface area contributed by atoms with Crippen LogP contribution in [0.5, 0.6) is 0 Å². The summed E-state index contributed by atoms with van der Waals surface area (Å²) in [5.74, 6) is -0.326. The molecule has 2 rings (SSSR count). The van der Waals surface area contributed by atoms with Crippen LogP contribution in [0.2, 0.25) is 0 Å². The number of hydrogen-bond acceptors (Lipinski definition) is 3. The van der Waals surface area contributed by atoms with Gasteiger partial charge in [0.1, 0.15) is 0 Å². The van der Waals surface area contributed by atoms with Gasteiger partial charge in [0.05, 0.1) is 0 Å². The van der Waals surface area contributed by atoms with Crippen molar-refractivity contribution in [1.82, 2.24) is 4.90 Å². The molecule has 1 aromatic heterocycles. The Labute approximate surface area is 112 Å². The molecule has 3 nitrogen and oxygen atoms in total. The van der Waals surface area contributed by atoms with Crippen molar-refractivity contribution in [3.8, 4) is 0 Å². The van der Waals surface area contributed by atoms with Gasteiger partial charge in [-0.05, 0) is 43.9 Å². The van der Waals surface area contributed by atoms with E-state index < -0.39 is 5.97 Å². The highest BCUT2D eigenvalue weighted by atomic mass is 32.1. The van der Waals surface area contributed by atoms with Crippen LogP contribution >= 0.6 is 11.3 Å². The lowest BCUT2D eigenvalue weighted by Gasteiger charge is -2.31. The Morgan fingerprint density at radius 3 is 2.94 bits per heavy atom. The molecular formula is C14H21NO2S. The highest BCUT2D eigenvalue weighted by molar-refractivity contribution is 7.11. The first kappa shape index (κ1) is 13.6. The van der Waals surface area contributed by atoms with Gasteiger partial charge in [0.25, 0.3) is 0 Å². The van der Waals surface area contributed by atoms with Gasteiger partial charge in [0, 0.05) is 29.3 Å². The third-order valence-electron chi connectivity index (χ3n) is 3.51. The van der Waals surface area contributed by atoms with E-state index in [2.05, 4.69) is 24.0 Å². The summed E-state index contributed by atoms with van der Waals surface area (Å²) in [7, 11) is 0. The molecular weight excluding hydrogens is 246 g/mol. The highest BCUT2D eigenvalue weighted by Gasteiger charge is 2.22. The second-order valence-electron chi connectivity index (χ2n) is 5.06. The smallest absolute Gasteiger partial charge is 0.303 e. The largest absolute Gasteiger partial charge is 0.481 e. The van der Waals surface area contributed by atoms with E-state index in [9.17, 15) is 4.79 Å². The van der Waals surface area contributed by atoms with E-state index in [1.165, 1.54) is 9.75 Å². The summed E-state index contributed by atoms with van der Waals surface area (Å²) >= 11 is 1.88. The number of carbonyl (C=O) groups is 1. The second-order valence-corrected chi connectivity index (χ2v) is 6.32. The van der Waals surface area contributed by atoms with E-state index in [-0.39, 0.29) is 0 Å². The molecule has 4 heteroatoms. The summed E-state index contributed by atoms with van der Waals surface area (Å²) in [6, 6.07) is 4.42. The number of carboxylic acids is 1. The van der Waals surface area contributed by atoms with Gasteiger partial charge in [-0.1, -0.05) is 6.92 Å². The van der Waals surface area contributed by atoms with Crippen molar-refractivity contribution in [2.75, 3.05) is 13.1 Å². The Balaban J connectivity index is 1.87. The first-order chi connectivity index (χ1) is 8.67. The quantitative estimate of drug-likeness (QED) is 0.891. The lowest BCUT2D eigenvalue weighted by molar-refractivity contribution is -0.138. The predicted octanol–water partition coefficient (Wildman–Crippen LogP) is 3.00. The van der Waals surface area contributed by atoms with Crippen LogP contribution in [0.3, 0.4) is 0 Å². The maximum Gasteiger partial charge on any atom is 0.303 e. The summed E-state index contributed by atoms with van der Waals surface area (Å²) in [5, 5.41) is 8.86. The molecule has 1 saturated heterocycles. The fourth-order valence-corrected chi connectivity index (χ4v) is 3.63. The van der Waals surface area contributed by atoms with Crippen molar-refractivity contribution in [3.05, 3.63) is 21.9 Å². The monoisotopic (exact) mass is 267 g/mol. The van der Waals surface area contributed by atoms with Gasteiger partial charge in [-0.15, -0.1) is 11.3 Å². The van der Waals surface area contributed by atoms with E-state index >= 15 is 0 Å². The molecule has 0 aromatic carbocycles. The maximum atomic E-state index is 10.8. The van der Waals surface area contributed by atoms with Crippen LogP contribution in [-0.4, -0.2) is 29.1 Å². The van der Waals surface area contributed by atoms with Crippen LogP contribution < -0.4 is 0 Å². The fourth-order valence-electron chi connectivity index (χ4n) is 2.63. The molecule has 0 spiro atoms. The lowest BCUT2D eigenvalue weighted by Crippen LogP contribution is -2.35. The number of aryl methyl sites for hydroxylation is 1. The molecule has 0 radical (unpaired) electrons. The van der Waals surface area contributed by atoms with Gasteiger partial charge >= 0.3 is 5.97 Å². The number of hydrogen-bond donors (Lipinski definition) is 1. The number of aliphatic carboxylic acids is 1. The van der Waals surface area contributed by atoms with Gasteiger partial charge in [-0.2, -0.15) is 0 Å². The minimum absolute atomic E-state index is 0.321. The third-order valence-corrected chi connectivity index (χ3v) is 4.73. The van der Waals surface area contributed by atoms with Gasteiger partial charge in [-0.3, -0.25) is 9.69 Å². The number of carboxylic acid groups (broad SMARTS) is 1. The first-order valence-electron chi connectivity index (χ1n) is 6.69. The normalized spacial score (nSPS) is 21.1. The topological polar surface area (TPSA) is 40.5 Å². The second kappa shape index (κ2) is 6.34. The molecule has 1 aliphatic heterocycles. The number of rotatable bonds is 5. The van der Waals surface area contributed by atoms with Crippen molar-refractivity contribution in [2.45, 2.75) is 39.2 Å². The number of nitrogens with zero attached hydrogens (tertiary/aromatic N) is 1. The van der Waals surface area contributed by atoms with Crippen LogP contribution in [0.4, 0.5) is 0 Å². The van der Waals surface area contributed by atoms with Crippen molar-refractivity contribution in [3.63, 3.8) is 0 Å². The predicted molar refractivity (Wildman–Crippen MR) is 74.0 cm³/mol. The average Bonchev–Trinajstić information content (AvgIpc) is 2.76. The molecule has 1 N–H and O–H groups in total. The molecule has 1 aliphatic rings. The minimum Gasteiger partial charge on any atom is -0.481 e. The Hall–Kier alpha value is -0.870. The van der Waals surface area contributed by atoms with Crippen molar-refractivity contribution < 1.29 is 9.90 Å². The molecule has 1 fully saturated rings. The van der Waals surface area contributed by atoms with Crippen molar-refractivity contribution in [1.29, 1.82) is 0 Å². The molecule has 1 unspecified atom stereocenters. The Kier molecular flexibility index (Phi) is 4.78. The van der Waals surface area contributed by atoms with E-state index in [0.29, 0.717) is 12.3 Å². The molecule has 0 amide bonds. The lowest BCUT2D eigenvalue weighted by atomic mass is 9.95. The summed E-state index contributed by atoms with van der Waals surface area (Å²) in [4.78, 5) is 16.0. The van der Waals surface area contributed by atoms with Crippen LogP contribution in [0, 0.1) is 5.92 Å². The molecule has 1 aromatic rings. The minimum atomic E-state index is -0.661. The van der Waals surface area contributed by atoms with Crippen LogP contribution in [-0.2, 0) is 17.8 Å². The summed E-state index contributed by atoms with van der Waals surface area (Å²) in [6.45, 7) is 5.21. The van der Waals surface area contributed by atoms with Gasteiger partial charge in [0.2, 0.25) is 0 Å². The van der Waals surface area contributed by atoms with Crippen molar-refractivity contribution >= 4 is 17.3 Å². The number of likely N-dealkylation sites (tertiary alicyclic amines) is 1. The van der Waals surface area contributed by atoms with Crippen LogP contribution in [0.25, 0.3) is 0 Å². The summed E-state index contributed by atoms with van der Waals surface area (Å²) < 4.78 is 0. The molecule has 0 saturated carbocycles. The Morgan fingerprint density at radius 1 is 1.50 bits per heavy atom. The maximum absolute atomic E-state index is 10.8. The zero-order valence-corrected chi connectivity index (χ0v) is 11.7. The van der Waals surface area contributed by atoms with Gasteiger partial charge < -0.3 is 5.11 Å². The first-order valence-corrected chi connectivity index (χ1v) is 7.50. The van der Waals surface area contributed by atoms with Crippen molar-refractivity contribution in [2.24, 2.45) is 5.92 Å².